The van der Waals surface area contributed by atoms with E-state index in [2.05, 4.69) is 35.6 Å². The number of nitrogens with one attached hydrogen (secondary N) is 2. The molecule has 1 aliphatic heterocycles. The van der Waals surface area contributed by atoms with Gasteiger partial charge in [-0.25, -0.2) is 9.78 Å². The van der Waals surface area contributed by atoms with Crippen molar-refractivity contribution in [2.75, 3.05) is 41.3 Å². The first-order valence-electron chi connectivity index (χ1n) is 8.60. The van der Waals surface area contributed by atoms with Crippen LogP contribution >= 0.6 is 0 Å². The summed E-state index contributed by atoms with van der Waals surface area (Å²) in [7, 11) is 0. The standard InChI is InChI=1S/C17H21N7O/c25-17(19-13-4-5-13)20-14-6-7-16(22-21-14)24-11-9-23(10-12-24)15-3-1-2-8-18-15/h1-3,6-8,13H,4-5,9-12H2,(H2,19,20,21,25). The molecule has 2 aromatic rings. The average molecular weight is 339 g/mol. The van der Waals surface area contributed by atoms with Crippen molar-refractivity contribution in [3.63, 3.8) is 0 Å². The summed E-state index contributed by atoms with van der Waals surface area (Å²) < 4.78 is 0. The SMILES string of the molecule is O=C(Nc1ccc(N2CCN(c3ccccn3)CC2)nn1)NC1CC1. The Morgan fingerprint density at radius 3 is 2.32 bits per heavy atom. The van der Waals surface area contributed by atoms with Gasteiger partial charge in [0.25, 0.3) is 0 Å². The van der Waals surface area contributed by atoms with Gasteiger partial charge in [0.05, 0.1) is 0 Å². The van der Waals surface area contributed by atoms with Crippen molar-refractivity contribution in [2.45, 2.75) is 18.9 Å². The molecule has 0 unspecified atom stereocenters. The molecule has 2 amide bonds. The van der Waals surface area contributed by atoms with Crippen molar-refractivity contribution in [1.82, 2.24) is 20.5 Å². The van der Waals surface area contributed by atoms with Gasteiger partial charge in [-0.1, -0.05) is 6.07 Å². The monoisotopic (exact) mass is 339 g/mol. The van der Waals surface area contributed by atoms with E-state index in [0.29, 0.717) is 11.9 Å². The highest BCUT2D eigenvalue weighted by molar-refractivity contribution is 5.88. The Bertz CT molecular complexity index is 710. The highest BCUT2D eigenvalue weighted by atomic mass is 16.2. The molecule has 2 aromatic heterocycles. The predicted molar refractivity (Wildman–Crippen MR) is 95.9 cm³/mol. The zero-order valence-corrected chi connectivity index (χ0v) is 13.9. The first-order chi connectivity index (χ1) is 12.3. The van der Waals surface area contributed by atoms with Gasteiger partial charge in [0.2, 0.25) is 0 Å². The third-order valence-electron chi connectivity index (χ3n) is 4.38. The van der Waals surface area contributed by atoms with Crippen molar-refractivity contribution in [1.29, 1.82) is 0 Å². The number of nitrogens with zero attached hydrogens (tertiary/aromatic N) is 5. The van der Waals surface area contributed by atoms with E-state index in [0.717, 1.165) is 50.7 Å². The molecular weight excluding hydrogens is 318 g/mol. The van der Waals surface area contributed by atoms with Gasteiger partial charge in [0.15, 0.2) is 11.6 Å². The van der Waals surface area contributed by atoms with Crippen molar-refractivity contribution in [2.24, 2.45) is 0 Å². The Balaban J connectivity index is 1.31. The van der Waals surface area contributed by atoms with E-state index >= 15 is 0 Å². The molecule has 2 fully saturated rings. The number of rotatable bonds is 4. The maximum atomic E-state index is 11.7. The Morgan fingerprint density at radius 1 is 0.960 bits per heavy atom. The van der Waals surface area contributed by atoms with E-state index in [4.69, 9.17) is 0 Å². The number of hydrogen-bond acceptors (Lipinski definition) is 6. The number of aromatic nitrogens is 3. The Kier molecular flexibility index (Phi) is 4.32. The molecule has 25 heavy (non-hydrogen) atoms. The number of piperazine rings is 1. The van der Waals surface area contributed by atoms with Gasteiger partial charge < -0.3 is 15.1 Å². The molecule has 1 aliphatic carbocycles. The van der Waals surface area contributed by atoms with E-state index in [1.165, 1.54) is 0 Å². The van der Waals surface area contributed by atoms with Gasteiger partial charge in [-0.2, -0.15) is 0 Å². The lowest BCUT2D eigenvalue weighted by atomic mass is 10.3. The first kappa shape index (κ1) is 15.6. The minimum absolute atomic E-state index is 0.214. The molecule has 3 heterocycles. The zero-order valence-electron chi connectivity index (χ0n) is 13.9. The number of pyridine rings is 1. The number of urea groups is 1. The first-order valence-corrected chi connectivity index (χ1v) is 8.60. The second-order valence-corrected chi connectivity index (χ2v) is 6.31. The molecule has 0 radical (unpaired) electrons. The van der Waals surface area contributed by atoms with E-state index in [9.17, 15) is 4.79 Å². The zero-order chi connectivity index (χ0) is 17.1. The van der Waals surface area contributed by atoms with Crippen LogP contribution in [0.1, 0.15) is 12.8 Å². The second-order valence-electron chi connectivity index (χ2n) is 6.31. The lowest BCUT2D eigenvalue weighted by Gasteiger charge is -2.35. The molecule has 0 bridgehead atoms. The molecule has 8 heteroatoms. The van der Waals surface area contributed by atoms with Crippen LogP contribution < -0.4 is 20.4 Å². The molecule has 0 aromatic carbocycles. The minimum atomic E-state index is -0.214. The van der Waals surface area contributed by atoms with Crippen LogP contribution in [-0.4, -0.2) is 53.4 Å². The maximum absolute atomic E-state index is 11.7. The third-order valence-corrected chi connectivity index (χ3v) is 4.38. The number of carbonyl (C=O) groups is 1. The quantitative estimate of drug-likeness (QED) is 0.877. The molecule has 2 aliphatic rings. The number of carbonyl (C=O) groups excluding carboxylic acids is 1. The van der Waals surface area contributed by atoms with Crippen LogP contribution in [0, 0.1) is 0 Å². The van der Waals surface area contributed by atoms with Crippen LogP contribution in [-0.2, 0) is 0 Å². The molecule has 4 rings (SSSR count). The number of amides is 2. The maximum Gasteiger partial charge on any atom is 0.320 e. The fraction of sp³-hybridized carbons (Fsp3) is 0.412. The number of hydrogen-bond donors (Lipinski definition) is 2. The normalized spacial score (nSPS) is 17.3. The van der Waals surface area contributed by atoms with Crippen molar-refractivity contribution in [3.05, 3.63) is 36.5 Å². The van der Waals surface area contributed by atoms with Crippen LogP contribution in [0.4, 0.5) is 22.2 Å². The van der Waals surface area contributed by atoms with Crippen LogP contribution in [0.25, 0.3) is 0 Å². The molecule has 1 saturated heterocycles. The summed E-state index contributed by atoms with van der Waals surface area (Å²) in [5, 5.41) is 13.9. The Labute approximate surface area is 146 Å². The summed E-state index contributed by atoms with van der Waals surface area (Å²) in [6.45, 7) is 3.51. The fourth-order valence-electron chi connectivity index (χ4n) is 2.83. The van der Waals surface area contributed by atoms with Crippen LogP contribution in [0.3, 0.4) is 0 Å². The molecule has 130 valence electrons. The second kappa shape index (κ2) is 6.92. The van der Waals surface area contributed by atoms with Crippen molar-refractivity contribution in [3.8, 4) is 0 Å². The minimum Gasteiger partial charge on any atom is -0.353 e. The Hall–Kier alpha value is -2.90. The van der Waals surface area contributed by atoms with Gasteiger partial charge in [0, 0.05) is 38.4 Å². The molecule has 8 nitrogen and oxygen atoms in total. The average Bonchev–Trinajstić information content (AvgIpc) is 3.47. The fourth-order valence-corrected chi connectivity index (χ4v) is 2.83. The molecule has 2 N–H and O–H groups in total. The van der Waals surface area contributed by atoms with E-state index in [1.807, 2.05) is 30.5 Å². The molecule has 0 atom stereocenters. The lowest BCUT2D eigenvalue weighted by molar-refractivity contribution is 0.251. The smallest absolute Gasteiger partial charge is 0.320 e. The van der Waals surface area contributed by atoms with Crippen molar-refractivity contribution < 1.29 is 4.79 Å². The largest absolute Gasteiger partial charge is 0.353 e. The molecule has 1 saturated carbocycles. The summed E-state index contributed by atoms with van der Waals surface area (Å²) in [5.74, 6) is 2.30. The highest BCUT2D eigenvalue weighted by Crippen LogP contribution is 2.19. The summed E-state index contributed by atoms with van der Waals surface area (Å²) in [6, 6.07) is 9.76. The third kappa shape index (κ3) is 3.96. The summed E-state index contributed by atoms with van der Waals surface area (Å²) >= 11 is 0. The topological polar surface area (TPSA) is 86.3 Å². The van der Waals surface area contributed by atoms with Gasteiger partial charge in [0.1, 0.15) is 5.82 Å². The highest BCUT2D eigenvalue weighted by Gasteiger charge is 2.23. The van der Waals surface area contributed by atoms with Crippen molar-refractivity contribution >= 4 is 23.5 Å². The van der Waals surface area contributed by atoms with E-state index < -0.39 is 0 Å². The summed E-state index contributed by atoms with van der Waals surface area (Å²) in [4.78, 5) is 20.6. The number of anilines is 3. The van der Waals surface area contributed by atoms with Gasteiger partial charge in [-0.3, -0.25) is 5.32 Å². The van der Waals surface area contributed by atoms with Crippen LogP contribution in [0.2, 0.25) is 0 Å². The van der Waals surface area contributed by atoms with Crippen LogP contribution in [0.15, 0.2) is 36.5 Å². The Morgan fingerprint density at radius 2 is 1.72 bits per heavy atom. The van der Waals surface area contributed by atoms with E-state index in [1.54, 1.807) is 6.07 Å². The van der Waals surface area contributed by atoms with Crippen LogP contribution in [0.5, 0.6) is 0 Å². The van der Waals surface area contributed by atoms with Gasteiger partial charge in [-0.05, 0) is 37.1 Å². The summed E-state index contributed by atoms with van der Waals surface area (Å²) in [5.41, 5.74) is 0. The van der Waals surface area contributed by atoms with Gasteiger partial charge >= 0.3 is 6.03 Å². The lowest BCUT2D eigenvalue weighted by Crippen LogP contribution is -2.47. The predicted octanol–water partition coefficient (Wildman–Crippen LogP) is 1.48. The van der Waals surface area contributed by atoms with Gasteiger partial charge in [-0.15, -0.1) is 10.2 Å². The van der Waals surface area contributed by atoms with E-state index in [-0.39, 0.29) is 6.03 Å². The molecular formula is C17H21N7O. The summed E-state index contributed by atoms with van der Waals surface area (Å²) in [6.07, 6.45) is 3.93. The molecule has 0 spiro atoms.